The molecule has 3 heteroatoms. The molecule has 100 valence electrons. The fourth-order valence-corrected chi connectivity index (χ4v) is 1.81. The molecule has 0 bridgehead atoms. The van der Waals surface area contributed by atoms with Crippen molar-refractivity contribution in [2.24, 2.45) is 0 Å². The van der Waals surface area contributed by atoms with E-state index in [0.29, 0.717) is 23.5 Å². The number of benzene rings is 2. The molecule has 1 atom stereocenters. The monoisotopic (exact) mass is 260 g/mol. The van der Waals surface area contributed by atoms with Crippen LogP contribution in [0.4, 0.5) is 4.39 Å². The van der Waals surface area contributed by atoms with Gasteiger partial charge in [0.2, 0.25) is 0 Å². The number of hydrogen-bond acceptors (Lipinski definition) is 2. The Kier molecular flexibility index (Phi) is 4.17. The first-order valence-electron chi connectivity index (χ1n) is 6.32. The molecule has 2 aromatic carbocycles. The van der Waals surface area contributed by atoms with Crippen LogP contribution in [0.5, 0.6) is 11.5 Å². The fraction of sp³-hybridized carbons (Fsp3) is 0.250. The van der Waals surface area contributed by atoms with Crippen molar-refractivity contribution in [2.45, 2.75) is 26.4 Å². The molecule has 1 unspecified atom stereocenters. The van der Waals surface area contributed by atoms with Gasteiger partial charge < -0.3 is 9.84 Å². The second-order valence-electron chi connectivity index (χ2n) is 4.51. The molecule has 0 amide bonds. The van der Waals surface area contributed by atoms with Gasteiger partial charge in [-0.3, -0.25) is 0 Å². The SMILES string of the molecule is CCC(O)c1ccc(Oc2ccc(F)c(C)c2)cc1. The van der Waals surface area contributed by atoms with E-state index in [4.69, 9.17) is 4.74 Å². The van der Waals surface area contributed by atoms with Crippen LogP contribution >= 0.6 is 0 Å². The van der Waals surface area contributed by atoms with E-state index in [1.165, 1.54) is 6.07 Å². The van der Waals surface area contributed by atoms with E-state index >= 15 is 0 Å². The first-order chi connectivity index (χ1) is 9.10. The minimum Gasteiger partial charge on any atom is -0.457 e. The Morgan fingerprint density at radius 2 is 1.74 bits per heavy atom. The molecule has 0 aliphatic rings. The first-order valence-corrected chi connectivity index (χ1v) is 6.32. The van der Waals surface area contributed by atoms with E-state index in [9.17, 15) is 9.50 Å². The molecule has 1 N–H and O–H groups in total. The zero-order chi connectivity index (χ0) is 13.8. The number of ether oxygens (including phenoxy) is 1. The van der Waals surface area contributed by atoms with E-state index < -0.39 is 6.10 Å². The summed E-state index contributed by atoms with van der Waals surface area (Å²) in [6.07, 6.45) is 0.235. The maximum Gasteiger partial charge on any atom is 0.127 e. The number of aliphatic hydroxyl groups excluding tert-OH is 1. The van der Waals surface area contributed by atoms with Gasteiger partial charge in [0.25, 0.3) is 0 Å². The minimum absolute atomic E-state index is 0.242. The van der Waals surface area contributed by atoms with Crippen LogP contribution in [-0.4, -0.2) is 5.11 Å². The van der Waals surface area contributed by atoms with Crippen molar-refractivity contribution < 1.29 is 14.2 Å². The van der Waals surface area contributed by atoms with Gasteiger partial charge in [0.1, 0.15) is 17.3 Å². The number of rotatable bonds is 4. The van der Waals surface area contributed by atoms with Crippen molar-refractivity contribution in [1.29, 1.82) is 0 Å². The van der Waals surface area contributed by atoms with Gasteiger partial charge in [-0.2, -0.15) is 0 Å². The predicted octanol–water partition coefficient (Wildman–Crippen LogP) is 4.37. The molecule has 0 saturated carbocycles. The van der Waals surface area contributed by atoms with Gasteiger partial charge in [-0.05, 0) is 54.8 Å². The molecular formula is C16H17FO2. The second-order valence-corrected chi connectivity index (χ2v) is 4.51. The predicted molar refractivity (Wildman–Crippen MR) is 72.9 cm³/mol. The maximum absolute atomic E-state index is 13.1. The van der Waals surface area contributed by atoms with Crippen LogP contribution in [0.3, 0.4) is 0 Å². The molecule has 0 heterocycles. The van der Waals surface area contributed by atoms with E-state index in [1.807, 2.05) is 19.1 Å². The summed E-state index contributed by atoms with van der Waals surface area (Å²) < 4.78 is 18.8. The van der Waals surface area contributed by atoms with E-state index in [0.717, 1.165) is 5.56 Å². The quantitative estimate of drug-likeness (QED) is 0.884. The van der Waals surface area contributed by atoms with Crippen molar-refractivity contribution >= 4 is 0 Å². The highest BCUT2D eigenvalue weighted by Crippen LogP contribution is 2.25. The van der Waals surface area contributed by atoms with E-state index in [2.05, 4.69) is 0 Å². The van der Waals surface area contributed by atoms with Crippen LogP contribution in [0.2, 0.25) is 0 Å². The summed E-state index contributed by atoms with van der Waals surface area (Å²) >= 11 is 0. The topological polar surface area (TPSA) is 29.5 Å². The van der Waals surface area contributed by atoms with E-state index in [-0.39, 0.29) is 5.82 Å². The summed E-state index contributed by atoms with van der Waals surface area (Å²) in [5, 5.41) is 9.69. The van der Waals surface area contributed by atoms with Crippen molar-refractivity contribution in [3.63, 3.8) is 0 Å². The maximum atomic E-state index is 13.1. The van der Waals surface area contributed by atoms with E-state index in [1.54, 1.807) is 31.2 Å². The Morgan fingerprint density at radius 3 is 2.32 bits per heavy atom. The zero-order valence-corrected chi connectivity index (χ0v) is 11.1. The summed E-state index contributed by atoms with van der Waals surface area (Å²) in [6, 6.07) is 11.9. The van der Waals surface area contributed by atoms with Crippen molar-refractivity contribution in [1.82, 2.24) is 0 Å². The average Bonchev–Trinajstić information content (AvgIpc) is 2.43. The molecule has 2 aromatic rings. The Labute approximate surface area is 112 Å². The lowest BCUT2D eigenvalue weighted by molar-refractivity contribution is 0.173. The molecule has 0 saturated heterocycles. The Morgan fingerprint density at radius 1 is 1.11 bits per heavy atom. The lowest BCUT2D eigenvalue weighted by Crippen LogP contribution is -1.94. The summed E-state index contributed by atoms with van der Waals surface area (Å²) in [4.78, 5) is 0. The van der Waals surface area contributed by atoms with Crippen LogP contribution in [0, 0.1) is 12.7 Å². The minimum atomic E-state index is -0.442. The molecule has 0 fully saturated rings. The van der Waals surface area contributed by atoms with Crippen molar-refractivity contribution in [2.75, 3.05) is 0 Å². The standard InChI is InChI=1S/C16H17FO2/c1-3-16(18)12-4-6-13(7-5-12)19-14-8-9-15(17)11(2)10-14/h4-10,16,18H,3H2,1-2H3. The van der Waals surface area contributed by atoms with Gasteiger partial charge in [-0.15, -0.1) is 0 Å². The highest BCUT2D eigenvalue weighted by molar-refractivity contribution is 5.35. The molecular weight excluding hydrogens is 243 g/mol. The number of aliphatic hydroxyl groups is 1. The van der Waals surface area contributed by atoms with Crippen molar-refractivity contribution in [3.8, 4) is 11.5 Å². The molecule has 2 rings (SSSR count). The lowest BCUT2D eigenvalue weighted by atomic mass is 10.1. The van der Waals surface area contributed by atoms with Gasteiger partial charge in [-0.25, -0.2) is 4.39 Å². The van der Waals surface area contributed by atoms with Crippen molar-refractivity contribution in [3.05, 3.63) is 59.4 Å². The molecule has 0 aliphatic carbocycles. The van der Waals surface area contributed by atoms with Gasteiger partial charge in [-0.1, -0.05) is 19.1 Å². The smallest absolute Gasteiger partial charge is 0.127 e. The van der Waals surface area contributed by atoms with Crippen LogP contribution in [0.25, 0.3) is 0 Å². The summed E-state index contributed by atoms with van der Waals surface area (Å²) in [5.74, 6) is 1.02. The molecule has 2 nitrogen and oxygen atoms in total. The molecule has 0 radical (unpaired) electrons. The normalized spacial score (nSPS) is 12.2. The molecule has 0 aromatic heterocycles. The van der Waals surface area contributed by atoms with Gasteiger partial charge in [0.15, 0.2) is 0 Å². The number of hydrogen-bond donors (Lipinski definition) is 1. The highest BCUT2D eigenvalue weighted by Gasteiger charge is 2.05. The largest absolute Gasteiger partial charge is 0.457 e. The summed E-state index contributed by atoms with van der Waals surface area (Å²) in [6.45, 7) is 3.62. The van der Waals surface area contributed by atoms with Gasteiger partial charge in [0, 0.05) is 0 Å². The van der Waals surface area contributed by atoms with Gasteiger partial charge >= 0.3 is 0 Å². The average molecular weight is 260 g/mol. The van der Waals surface area contributed by atoms with Gasteiger partial charge in [0.05, 0.1) is 6.10 Å². The molecule has 0 spiro atoms. The number of aryl methyl sites for hydroxylation is 1. The van der Waals surface area contributed by atoms with Crippen LogP contribution in [0.15, 0.2) is 42.5 Å². The fourth-order valence-electron chi connectivity index (χ4n) is 1.81. The van der Waals surface area contributed by atoms with Crippen LogP contribution < -0.4 is 4.74 Å². The molecule has 0 aliphatic heterocycles. The highest BCUT2D eigenvalue weighted by atomic mass is 19.1. The number of halogens is 1. The Bertz CT molecular complexity index is 549. The summed E-state index contributed by atoms with van der Waals surface area (Å²) in [7, 11) is 0. The third-order valence-corrected chi connectivity index (χ3v) is 3.02. The van der Waals surface area contributed by atoms with Crippen LogP contribution in [0.1, 0.15) is 30.6 Å². The first kappa shape index (κ1) is 13.6. The Balaban J connectivity index is 2.12. The molecule has 19 heavy (non-hydrogen) atoms. The van der Waals surface area contributed by atoms with Crippen LogP contribution in [-0.2, 0) is 0 Å². The Hall–Kier alpha value is -1.87. The second kappa shape index (κ2) is 5.85. The zero-order valence-electron chi connectivity index (χ0n) is 11.1. The third-order valence-electron chi connectivity index (χ3n) is 3.02. The third kappa shape index (κ3) is 3.32. The lowest BCUT2D eigenvalue weighted by Gasteiger charge is -2.10. The summed E-state index contributed by atoms with van der Waals surface area (Å²) in [5.41, 5.74) is 1.42.